The number of rotatable bonds is 5. The van der Waals surface area contributed by atoms with E-state index in [-0.39, 0.29) is 23.7 Å². The third-order valence-electron chi connectivity index (χ3n) is 3.83. The molecule has 20 heavy (non-hydrogen) atoms. The lowest BCUT2D eigenvalue weighted by atomic mass is 9.74. The SMILES string of the molecule is Cl.NCCC(=O)NCC1(c2ccccc2)CCOCC1. The molecule has 1 amide bonds. The fourth-order valence-corrected chi connectivity index (χ4v) is 2.61. The molecule has 1 aliphatic heterocycles. The Balaban J connectivity index is 0.00000200. The molecule has 1 aliphatic rings. The van der Waals surface area contributed by atoms with E-state index >= 15 is 0 Å². The summed E-state index contributed by atoms with van der Waals surface area (Å²) in [5, 5.41) is 3.02. The summed E-state index contributed by atoms with van der Waals surface area (Å²) in [5.74, 6) is 0.0318. The summed E-state index contributed by atoms with van der Waals surface area (Å²) < 4.78 is 5.47. The van der Waals surface area contributed by atoms with Gasteiger partial charge in [0.05, 0.1) is 0 Å². The number of benzene rings is 1. The lowest BCUT2D eigenvalue weighted by molar-refractivity contribution is -0.121. The van der Waals surface area contributed by atoms with E-state index in [1.165, 1.54) is 5.56 Å². The van der Waals surface area contributed by atoms with Crippen LogP contribution in [0.4, 0.5) is 0 Å². The maximum Gasteiger partial charge on any atom is 0.221 e. The lowest BCUT2D eigenvalue weighted by Gasteiger charge is -2.38. The Morgan fingerprint density at radius 1 is 1.25 bits per heavy atom. The maximum absolute atomic E-state index is 11.6. The standard InChI is InChI=1S/C15H22N2O2.ClH/c16-9-6-14(18)17-12-15(7-10-19-11-8-15)13-4-2-1-3-5-13;/h1-5H,6-12,16H2,(H,17,18);1H. The predicted molar refractivity (Wildman–Crippen MR) is 82.1 cm³/mol. The minimum absolute atomic E-state index is 0. The molecule has 1 fully saturated rings. The van der Waals surface area contributed by atoms with Crippen LogP contribution in [-0.4, -0.2) is 32.2 Å². The van der Waals surface area contributed by atoms with Crippen LogP contribution in [0.3, 0.4) is 0 Å². The first-order valence-electron chi connectivity index (χ1n) is 6.87. The summed E-state index contributed by atoms with van der Waals surface area (Å²) in [6, 6.07) is 10.4. The predicted octanol–water partition coefficient (Wildman–Crippen LogP) is 1.62. The lowest BCUT2D eigenvalue weighted by Crippen LogP contribution is -2.44. The number of hydrogen-bond acceptors (Lipinski definition) is 3. The van der Waals surface area contributed by atoms with Gasteiger partial charge in [0.1, 0.15) is 0 Å². The molecule has 5 heteroatoms. The Labute approximate surface area is 126 Å². The second kappa shape index (κ2) is 8.25. The summed E-state index contributed by atoms with van der Waals surface area (Å²) >= 11 is 0. The molecule has 4 nitrogen and oxygen atoms in total. The minimum atomic E-state index is 0. The van der Waals surface area contributed by atoms with Gasteiger partial charge in [-0.3, -0.25) is 4.79 Å². The van der Waals surface area contributed by atoms with Gasteiger partial charge in [-0.15, -0.1) is 12.4 Å². The van der Waals surface area contributed by atoms with E-state index in [9.17, 15) is 4.79 Å². The van der Waals surface area contributed by atoms with E-state index in [1.54, 1.807) is 0 Å². The number of halogens is 1. The van der Waals surface area contributed by atoms with Gasteiger partial charge in [-0.2, -0.15) is 0 Å². The van der Waals surface area contributed by atoms with Gasteiger partial charge >= 0.3 is 0 Å². The maximum atomic E-state index is 11.6. The van der Waals surface area contributed by atoms with Crippen LogP contribution in [0, 0.1) is 0 Å². The molecular weight excluding hydrogens is 276 g/mol. The smallest absolute Gasteiger partial charge is 0.221 e. The van der Waals surface area contributed by atoms with Crippen molar-refractivity contribution in [3.63, 3.8) is 0 Å². The molecule has 0 radical (unpaired) electrons. The highest BCUT2D eigenvalue weighted by Gasteiger charge is 2.34. The van der Waals surface area contributed by atoms with E-state index in [0.717, 1.165) is 26.1 Å². The van der Waals surface area contributed by atoms with Crippen LogP contribution in [0.2, 0.25) is 0 Å². The third kappa shape index (κ3) is 4.20. The number of nitrogens with one attached hydrogen (secondary N) is 1. The molecule has 1 heterocycles. The number of nitrogens with two attached hydrogens (primary N) is 1. The van der Waals surface area contributed by atoms with Crippen LogP contribution in [0.1, 0.15) is 24.8 Å². The van der Waals surface area contributed by atoms with Gasteiger partial charge in [0.25, 0.3) is 0 Å². The van der Waals surface area contributed by atoms with Crippen molar-refractivity contribution in [2.75, 3.05) is 26.3 Å². The summed E-state index contributed by atoms with van der Waals surface area (Å²) in [7, 11) is 0. The fourth-order valence-electron chi connectivity index (χ4n) is 2.61. The normalized spacial score (nSPS) is 17.1. The van der Waals surface area contributed by atoms with Crippen LogP contribution in [0.5, 0.6) is 0 Å². The molecule has 1 aromatic rings. The van der Waals surface area contributed by atoms with Crippen molar-refractivity contribution in [1.82, 2.24) is 5.32 Å². The summed E-state index contributed by atoms with van der Waals surface area (Å²) in [5.41, 5.74) is 6.69. The van der Waals surface area contributed by atoms with Crippen LogP contribution in [-0.2, 0) is 14.9 Å². The molecule has 0 unspecified atom stereocenters. The number of carbonyl (C=O) groups is 1. The highest BCUT2D eigenvalue weighted by Crippen LogP contribution is 2.34. The quantitative estimate of drug-likeness (QED) is 0.868. The van der Waals surface area contributed by atoms with Crippen molar-refractivity contribution < 1.29 is 9.53 Å². The molecule has 0 bridgehead atoms. The van der Waals surface area contributed by atoms with E-state index in [4.69, 9.17) is 10.5 Å². The van der Waals surface area contributed by atoms with Gasteiger partial charge in [-0.25, -0.2) is 0 Å². The molecular formula is C15H23ClN2O2. The first kappa shape index (κ1) is 17.0. The van der Waals surface area contributed by atoms with E-state index in [2.05, 4.69) is 17.4 Å². The van der Waals surface area contributed by atoms with Gasteiger partial charge in [0.2, 0.25) is 5.91 Å². The second-order valence-corrected chi connectivity index (χ2v) is 5.07. The highest BCUT2D eigenvalue weighted by atomic mass is 35.5. The van der Waals surface area contributed by atoms with Gasteiger partial charge in [0.15, 0.2) is 0 Å². The molecule has 1 aromatic carbocycles. The number of hydrogen-bond donors (Lipinski definition) is 2. The van der Waals surface area contributed by atoms with Crippen molar-refractivity contribution in [3.8, 4) is 0 Å². The topological polar surface area (TPSA) is 64.4 Å². The molecule has 112 valence electrons. The minimum Gasteiger partial charge on any atom is -0.381 e. The zero-order valence-electron chi connectivity index (χ0n) is 11.6. The largest absolute Gasteiger partial charge is 0.381 e. The van der Waals surface area contributed by atoms with Gasteiger partial charge < -0.3 is 15.8 Å². The first-order valence-corrected chi connectivity index (χ1v) is 6.87. The molecule has 1 saturated heterocycles. The average molecular weight is 299 g/mol. The van der Waals surface area contributed by atoms with Crippen molar-refractivity contribution in [2.45, 2.75) is 24.7 Å². The Bertz CT molecular complexity index is 406. The van der Waals surface area contributed by atoms with E-state index < -0.39 is 0 Å². The molecule has 2 rings (SSSR count). The first-order chi connectivity index (χ1) is 9.27. The van der Waals surface area contributed by atoms with Gasteiger partial charge in [-0.1, -0.05) is 30.3 Å². The Hall–Kier alpha value is -1.10. The van der Waals surface area contributed by atoms with Crippen molar-refractivity contribution in [3.05, 3.63) is 35.9 Å². The molecule has 3 N–H and O–H groups in total. The Morgan fingerprint density at radius 2 is 1.90 bits per heavy atom. The Kier molecular flexibility index (Phi) is 6.99. The fraction of sp³-hybridized carbons (Fsp3) is 0.533. The Morgan fingerprint density at radius 3 is 2.50 bits per heavy atom. The van der Waals surface area contributed by atoms with Crippen LogP contribution in [0.15, 0.2) is 30.3 Å². The van der Waals surface area contributed by atoms with Crippen molar-refractivity contribution in [2.24, 2.45) is 5.73 Å². The van der Waals surface area contributed by atoms with E-state index in [1.807, 2.05) is 18.2 Å². The molecule has 0 aromatic heterocycles. The van der Waals surface area contributed by atoms with Crippen LogP contribution < -0.4 is 11.1 Å². The highest BCUT2D eigenvalue weighted by molar-refractivity contribution is 5.85. The molecule has 0 atom stereocenters. The van der Waals surface area contributed by atoms with Crippen LogP contribution in [0.25, 0.3) is 0 Å². The zero-order chi connectivity index (χ0) is 13.6. The second-order valence-electron chi connectivity index (χ2n) is 5.07. The number of ether oxygens (including phenoxy) is 1. The number of carbonyl (C=O) groups excluding carboxylic acids is 1. The van der Waals surface area contributed by atoms with Gasteiger partial charge in [-0.05, 0) is 18.4 Å². The van der Waals surface area contributed by atoms with Gasteiger partial charge in [0, 0.05) is 38.1 Å². The summed E-state index contributed by atoms with van der Waals surface area (Å²) in [4.78, 5) is 11.6. The third-order valence-corrected chi connectivity index (χ3v) is 3.83. The summed E-state index contributed by atoms with van der Waals surface area (Å²) in [6.07, 6.45) is 2.28. The summed E-state index contributed by atoms with van der Waals surface area (Å²) in [6.45, 7) is 2.57. The molecule has 0 spiro atoms. The molecule has 0 saturated carbocycles. The number of amides is 1. The van der Waals surface area contributed by atoms with E-state index in [0.29, 0.717) is 19.5 Å². The monoisotopic (exact) mass is 298 g/mol. The molecule has 0 aliphatic carbocycles. The zero-order valence-corrected chi connectivity index (χ0v) is 12.5. The van der Waals surface area contributed by atoms with Crippen molar-refractivity contribution in [1.29, 1.82) is 0 Å². The van der Waals surface area contributed by atoms with Crippen LogP contribution >= 0.6 is 12.4 Å². The average Bonchev–Trinajstić information content (AvgIpc) is 2.47. The van der Waals surface area contributed by atoms with Crippen molar-refractivity contribution >= 4 is 18.3 Å².